The number of halogens is 1. The van der Waals surface area contributed by atoms with E-state index in [2.05, 4.69) is 32.2 Å². The first-order valence-electron chi connectivity index (χ1n) is 11.8. The molecule has 3 unspecified atom stereocenters. The minimum absolute atomic E-state index is 0.112. The molecule has 7 nitrogen and oxygen atoms in total. The topological polar surface area (TPSA) is 71.1 Å². The zero-order chi connectivity index (χ0) is 24.1. The lowest BCUT2D eigenvalue weighted by Crippen LogP contribution is -2.57. The van der Waals surface area contributed by atoms with Gasteiger partial charge in [-0.3, -0.25) is 9.69 Å². The molecular formula is C26H32BrN3O4. The highest BCUT2D eigenvalue weighted by atomic mass is 79.9. The molecule has 2 fully saturated rings. The molecule has 3 atom stereocenters. The molecule has 0 aliphatic carbocycles. The van der Waals surface area contributed by atoms with Crippen LogP contribution in [-0.4, -0.2) is 60.8 Å². The molecule has 2 aliphatic rings. The van der Waals surface area contributed by atoms with Crippen molar-refractivity contribution in [2.45, 2.75) is 45.1 Å². The van der Waals surface area contributed by atoms with Crippen LogP contribution in [0.15, 0.2) is 53.0 Å². The Labute approximate surface area is 209 Å². The van der Waals surface area contributed by atoms with Gasteiger partial charge in [-0.15, -0.1) is 0 Å². The summed E-state index contributed by atoms with van der Waals surface area (Å²) in [6.45, 7) is 4.79. The molecule has 0 spiro atoms. The van der Waals surface area contributed by atoms with E-state index >= 15 is 0 Å². The summed E-state index contributed by atoms with van der Waals surface area (Å²) in [6.07, 6.45) is 2.06. The summed E-state index contributed by atoms with van der Waals surface area (Å²) in [4.78, 5) is 29.0. The zero-order valence-electron chi connectivity index (χ0n) is 19.7. The summed E-state index contributed by atoms with van der Waals surface area (Å²) < 4.78 is 12.1. The molecule has 2 heterocycles. The van der Waals surface area contributed by atoms with Crippen molar-refractivity contribution in [1.82, 2.24) is 15.1 Å². The predicted octanol–water partition coefficient (Wildman–Crippen LogP) is 4.20. The number of likely N-dealkylation sites (tertiary alicyclic amines) is 1. The van der Waals surface area contributed by atoms with Gasteiger partial charge in [0.1, 0.15) is 5.75 Å². The van der Waals surface area contributed by atoms with Crippen molar-refractivity contribution in [2.24, 2.45) is 5.92 Å². The third-order valence-electron chi connectivity index (χ3n) is 6.49. The van der Waals surface area contributed by atoms with Gasteiger partial charge in [0.15, 0.2) is 6.29 Å². The molecule has 0 saturated carbocycles. The van der Waals surface area contributed by atoms with E-state index in [1.54, 1.807) is 7.11 Å². The van der Waals surface area contributed by atoms with Gasteiger partial charge in [0.25, 0.3) is 0 Å². The van der Waals surface area contributed by atoms with Crippen molar-refractivity contribution >= 4 is 27.9 Å². The Morgan fingerprint density at radius 1 is 1.18 bits per heavy atom. The fraction of sp³-hybridized carbons (Fsp3) is 0.462. The summed E-state index contributed by atoms with van der Waals surface area (Å²) in [5, 5.41) is 3.04. The number of methoxy groups -OCH3 is 1. The van der Waals surface area contributed by atoms with E-state index in [-0.39, 0.29) is 24.3 Å². The summed E-state index contributed by atoms with van der Waals surface area (Å²) in [5.74, 6) is 1.20. The Hall–Kier alpha value is -2.42. The Balaban J connectivity index is 1.28. The molecule has 0 bridgehead atoms. The van der Waals surface area contributed by atoms with E-state index in [0.29, 0.717) is 25.4 Å². The van der Waals surface area contributed by atoms with E-state index in [0.717, 1.165) is 41.7 Å². The van der Waals surface area contributed by atoms with Crippen LogP contribution in [0.1, 0.15) is 30.9 Å². The second-order valence-electron chi connectivity index (χ2n) is 9.11. The zero-order valence-corrected chi connectivity index (χ0v) is 21.3. The molecule has 1 N–H and O–H groups in total. The van der Waals surface area contributed by atoms with Gasteiger partial charge in [0.05, 0.1) is 12.6 Å². The number of amides is 3. The maximum Gasteiger partial charge on any atom is 0.324 e. The molecule has 2 aliphatic heterocycles. The number of imide groups is 1. The Bertz CT molecular complexity index is 985. The Morgan fingerprint density at radius 2 is 1.97 bits per heavy atom. The van der Waals surface area contributed by atoms with Crippen LogP contribution in [-0.2, 0) is 22.5 Å². The molecule has 2 aromatic rings. The molecular weight excluding hydrogens is 498 g/mol. The first-order chi connectivity index (χ1) is 16.4. The van der Waals surface area contributed by atoms with Crippen molar-refractivity contribution in [3.8, 4) is 5.75 Å². The molecule has 4 rings (SSSR count). The highest BCUT2D eigenvalue weighted by molar-refractivity contribution is 9.10. The van der Waals surface area contributed by atoms with Gasteiger partial charge in [-0.05, 0) is 61.6 Å². The van der Waals surface area contributed by atoms with Gasteiger partial charge < -0.3 is 19.7 Å². The van der Waals surface area contributed by atoms with Gasteiger partial charge in [-0.25, -0.2) is 4.79 Å². The highest BCUT2D eigenvalue weighted by Gasteiger charge is 2.34. The van der Waals surface area contributed by atoms with Crippen molar-refractivity contribution < 1.29 is 19.1 Å². The Morgan fingerprint density at radius 3 is 2.71 bits per heavy atom. The van der Waals surface area contributed by atoms with Crippen molar-refractivity contribution in [3.63, 3.8) is 0 Å². The number of urea groups is 1. The molecule has 2 aromatic carbocycles. The maximum atomic E-state index is 12.7. The van der Waals surface area contributed by atoms with E-state index in [1.807, 2.05) is 49.4 Å². The molecule has 3 amide bonds. The second-order valence-corrected chi connectivity index (χ2v) is 9.96. The average molecular weight is 530 g/mol. The van der Waals surface area contributed by atoms with E-state index in [9.17, 15) is 9.59 Å². The van der Waals surface area contributed by atoms with Gasteiger partial charge in [0, 0.05) is 31.1 Å². The number of rotatable bonds is 9. The van der Waals surface area contributed by atoms with Crippen LogP contribution in [0.25, 0.3) is 0 Å². The van der Waals surface area contributed by atoms with Crippen LogP contribution in [0.3, 0.4) is 0 Å². The fourth-order valence-corrected chi connectivity index (χ4v) is 5.07. The van der Waals surface area contributed by atoms with E-state index < -0.39 is 0 Å². The lowest BCUT2D eigenvalue weighted by Gasteiger charge is -2.33. The second kappa shape index (κ2) is 11.3. The molecule has 182 valence electrons. The van der Waals surface area contributed by atoms with Gasteiger partial charge in [0.2, 0.25) is 5.91 Å². The SMILES string of the molecule is COC(C)Oc1ccc(Br)c(CC2CCN(CC3CC(=O)N(Cc4ccccc4)C(=O)N3)C2)c1. The number of benzene rings is 2. The fourth-order valence-electron chi connectivity index (χ4n) is 4.66. The molecule has 0 aromatic heterocycles. The first kappa shape index (κ1) is 24.7. The lowest BCUT2D eigenvalue weighted by atomic mass is 9.98. The van der Waals surface area contributed by atoms with E-state index in [1.165, 1.54) is 10.5 Å². The smallest absolute Gasteiger partial charge is 0.324 e. The normalized spacial score (nSPS) is 22.0. The number of hydrogen-bond donors (Lipinski definition) is 1. The molecule has 34 heavy (non-hydrogen) atoms. The van der Waals surface area contributed by atoms with Crippen LogP contribution in [0.5, 0.6) is 5.75 Å². The summed E-state index contributed by atoms with van der Waals surface area (Å²) >= 11 is 3.67. The van der Waals surface area contributed by atoms with Gasteiger partial charge in [-0.1, -0.05) is 46.3 Å². The largest absolute Gasteiger partial charge is 0.465 e. The first-order valence-corrected chi connectivity index (χ1v) is 12.6. The summed E-state index contributed by atoms with van der Waals surface area (Å²) in [7, 11) is 1.63. The molecule has 8 heteroatoms. The third kappa shape index (κ3) is 6.37. The number of ether oxygens (including phenoxy) is 2. The van der Waals surface area contributed by atoms with Crippen molar-refractivity contribution in [1.29, 1.82) is 0 Å². The molecule has 0 radical (unpaired) electrons. The Kier molecular flexibility index (Phi) is 8.24. The number of carbonyl (C=O) groups is 2. The number of nitrogens with one attached hydrogen (secondary N) is 1. The summed E-state index contributed by atoms with van der Waals surface area (Å²) in [5.41, 5.74) is 2.16. The number of carbonyl (C=O) groups excluding carboxylic acids is 2. The summed E-state index contributed by atoms with van der Waals surface area (Å²) in [6, 6.07) is 15.2. The van der Waals surface area contributed by atoms with Crippen LogP contribution < -0.4 is 10.1 Å². The maximum absolute atomic E-state index is 12.7. The monoisotopic (exact) mass is 529 g/mol. The van der Waals surface area contributed by atoms with Gasteiger partial charge in [-0.2, -0.15) is 0 Å². The van der Waals surface area contributed by atoms with Crippen LogP contribution in [0.4, 0.5) is 4.79 Å². The number of hydrogen-bond acceptors (Lipinski definition) is 5. The van der Waals surface area contributed by atoms with Crippen LogP contribution >= 0.6 is 15.9 Å². The van der Waals surface area contributed by atoms with Crippen LogP contribution in [0.2, 0.25) is 0 Å². The highest BCUT2D eigenvalue weighted by Crippen LogP contribution is 2.29. The standard InChI is InChI=1S/C26H32BrN3O4/c1-18(33-2)34-23-8-9-24(27)21(13-23)12-20-10-11-29(15-20)17-22-14-25(31)30(26(32)28-22)16-19-6-4-3-5-7-19/h3-9,13,18,20,22H,10-12,14-17H2,1-2H3,(H,28,32). The van der Waals surface area contributed by atoms with E-state index in [4.69, 9.17) is 9.47 Å². The minimum atomic E-state index is -0.299. The third-order valence-corrected chi connectivity index (χ3v) is 7.26. The average Bonchev–Trinajstić information content (AvgIpc) is 3.25. The minimum Gasteiger partial charge on any atom is -0.465 e. The number of nitrogens with zero attached hydrogens (tertiary/aromatic N) is 2. The predicted molar refractivity (Wildman–Crippen MR) is 133 cm³/mol. The van der Waals surface area contributed by atoms with Crippen LogP contribution in [0, 0.1) is 5.92 Å². The van der Waals surface area contributed by atoms with Crippen molar-refractivity contribution in [2.75, 3.05) is 26.7 Å². The lowest BCUT2D eigenvalue weighted by molar-refractivity contribution is -0.130. The van der Waals surface area contributed by atoms with Crippen molar-refractivity contribution in [3.05, 3.63) is 64.1 Å². The quantitative estimate of drug-likeness (QED) is 0.493. The molecule has 2 saturated heterocycles. The van der Waals surface area contributed by atoms with Gasteiger partial charge >= 0.3 is 6.03 Å².